The van der Waals surface area contributed by atoms with Gasteiger partial charge in [0.05, 0.1) is 0 Å². The molecule has 0 aliphatic heterocycles. The first-order chi connectivity index (χ1) is 45.9. The van der Waals surface area contributed by atoms with Crippen LogP contribution in [0.1, 0.15) is 132 Å². The molecule has 0 unspecified atom stereocenters. The zero-order valence-corrected chi connectivity index (χ0v) is 89.3. The van der Waals surface area contributed by atoms with E-state index in [0.717, 1.165) is 60.9 Å². The predicted octanol–water partition coefficient (Wildman–Crippen LogP) is 26.2. The number of fused-ring (bicyclic) bond motifs is 5. The van der Waals surface area contributed by atoms with Crippen LogP contribution in [0.3, 0.4) is 0 Å². The number of carbonyl (C=O) groups is 1. The number of halogens is 8. The van der Waals surface area contributed by atoms with Crippen molar-refractivity contribution in [2.45, 2.75) is 118 Å². The molecule has 585 valence electrons. The summed E-state index contributed by atoms with van der Waals surface area (Å²) in [7, 11) is 0. The van der Waals surface area contributed by atoms with Crippen LogP contribution < -0.4 is 10.3 Å². The van der Waals surface area contributed by atoms with Gasteiger partial charge in [0, 0.05) is 317 Å². The van der Waals surface area contributed by atoms with E-state index in [4.69, 9.17) is 11.6 Å². The Kier molecular flexibility index (Phi) is 122. The molecule has 7 aromatic carbocycles. The summed E-state index contributed by atoms with van der Waals surface area (Å²) in [5.74, 6) is -1.24. The zero-order valence-electron chi connectivity index (χ0n) is 68.7. The number of pyridine rings is 5. The van der Waals surface area contributed by atoms with E-state index >= 15 is 0 Å². The van der Waals surface area contributed by atoms with Crippen molar-refractivity contribution in [3.63, 3.8) is 0 Å². The maximum atomic E-state index is 12.7. The van der Waals surface area contributed by atoms with Crippen molar-refractivity contribution in [2.24, 2.45) is 10.9 Å². The normalized spacial score (nSPS) is 8.13. The molecular weight excluding hydrogens is 1940 g/mol. The molecule has 7 radical (unpaired) electrons. The molecule has 0 aliphatic carbocycles. The van der Waals surface area contributed by atoms with E-state index in [-0.39, 0.29) is 327 Å². The Hall–Kier alpha value is -1.94. The fourth-order valence-corrected chi connectivity index (χ4v) is 7.46. The van der Waals surface area contributed by atoms with Crippen LogP contribution in [-0.4, -0.2) is 39.0 Å². The summed E-state index contributed by atoms with van der Waals surface area (Å²) in [6.45, 7) is 35.0. The van der Waals surface area contributed by atoms with Gasteiger partial charge >= 0.3 is 0 Å². The summed E-state index contributed by atoms with van der Waals surface area (Å²) < 4.78 is 88.7. The fraction of sp³-hybridized carbons (Fsp3) is 0.224. The van der Waals surface area contributed by atoms with Crippen LogP contribution in [0.15, 0.2) is 223 Å². The van der Waals surface area contributed by atoms with Gasteiger partial charge in [-0.3, -0.25) is 24.5 Å². The number of aliphatic imine (C=N–C) groups is 1. The van der Waals surface area contributed by atoms with Crippen molar-refractivity contribution in [2.75, 3.05) is 6.54 Å². The van der Waals surface area contributed by atoms with Gasteiger partial charge in [-0.15, -0.1) is 0 Å². The Morgan fingerprint density at radius 3 is 1.22 bits per heavy atom. The van der Waals surface area contributed by atoms with Crippen molar-refractivity contribution in [3.05, 3.63) is 343 Å². The fourth-order valence-electron chi connectivity index (χ4n) is 7.23. The van der Waals surface area contributed by atoms with Crippen LogP contribution in [0, 0.1) is 111 Å². The van der Waals surface area contributed by atoms with Gasteiger partial charge in [-0.25, -0.2) is 35.7 Å². The number of nitrogens with one attached hydrogen (secondary N) is 1. The molecule has 5 aromatic heterocycles. The summed E-state index contributed by atoms with van der Waals surface area (Å²) in [5, 5.41) is 19.1. The second-order valence-corrected chi connectivity index (χ2v) is 18.2. The van der Waals surface area contributed by atoms with Crippen molar-refractivity contribution in [1.82, 2.24) is 19.9 Å². The number of benzene rings is 7. The minimum absolute atomic E-state index is 0. The number of aryl methyl sites for hydroxylation is 1. The second-order valence-electron chi connectivity index (χ2n) is 17.8. The molecule has 0 spiro atoms. The van der Waals surface area contributed by atoms with Crippen LogP contribution in [-0.2, 0) is 229 Å². The number of aromatic amines is 1. The number of H-pyrrole nitrogens is 1. The molecule has 0 bridgehead atoms. The SMILES string of the molecule is CC.CC.CC.CC.CC.CC.CC.CC(C)CN=Cc1ccc(F)cc1.Cc1nccc2cc(F)ccc12.Fc1ccc2c(Cl)nccc2c1.Fc1ccc2cnccc2c1.O=Cc1ccc(F)cc1.O=c1[nH]ccc2cc(F)ccc12.[CH3-].[CH3-].[CH3-].[CH3-].[CH3-].[CH3-].[CH3-].[O-][n+]1ccc2cc(F)ccc2c1.[Y].[Y].[Y].[Y].[Y].[Y].[Y]. The van der Waals surface area contributed by atoms with E-state index < -0.39 is 0 Å². The third-order valence-corrected chi connectivity index (χ3v) is 11.5. The Morgan fingerprint density at radius 2 is 0.780 bits per heavy atom. The smallest absolute Gasteiger partial charge is 0.255 e. The van der Waals surface area contributed by atoms with Gasteiger partial charge in [0.1, 0.15) is 52.2 Å². The predicted molar refractivity (Wildman–Crippen MR) is 432 cm³/mol. The summed E-state index contributed by atoms with van der Waals surface area (Å²) in [6.07, 6.45) is 13.3. The number of hydrogen-bond acceptors (Lipinski definition) is 7. The Labute approximate surface area is 833 Å². The van der Waals surface area contributed by atoms with E-state index in [1.807, 2.05) is 110 Å². The van der Waals surface area contributed by atoms with Crippen molar-refractivity contribution < 1.29 is 269 Å². The quantitative estimate of drug-likeness (QED) is 0.0356. The van der Waals surface area contributed by atoms with E-state index in [2.05, 4.69) is 38.8 Å². The molecule has 0 aliphatic rings. The third kappa shape index (κ3) is 61.1. The molecular formula is C85H113ClF7N6O3Y7-7. The van der Waals surface area contributed by atoms with Crippen LogP contribution in [0.25, 0.3) is 53.9 Å². The largest absolute Gasteiger partial charge is 0.619 e. The maximum absolute atomic E-state index is 12.7. The van der Waals surface area contributed by atoms with Gasteiger partial charge in [0.25, 0.3) is 5.56 Å². The first-order valence-electron chi connectivity index (χ1n) is 31.7. The second kappa shape index (κ2) is 91.6. The topological polar surface area (TPSA) is 128 Å². The van der Waals surface area contributed by atoms with E-state index in [1.165, 1.54) is 122 Å². The summed E-state index contributed by atoms with van der Waals surface area (Å²) >= 11 is 5.78. The molecule has 24 heteroatoms. The average molecular weight is 2060 g/mol. The first kappa shape index (κ1) is 145. The number of carbonyl (C=O) groups excluding carboxylic acids is 1. The van der Waals surface area contributed by atoms with Crippen molar-refractivity contribution >= 4 is 78.0 Å². The molecule has 0 fully saturated rings. The van der Waals surface area contributed by atoms with Gasteiger partial charge in [-0.2, -0.15) is 4.73 Å². The van der Waals surface area contributed by atoms with Crippen LogP contribution in [0.2, 0.25) is 5.15 Å². The first-order valence-corrected chi connectivity index (χ1v) is 32.0. The minimum Gasteiger partial charge on any atom is -0.619 e. The average Bonchev–Trinajstić information content (AvgIpc) is 0.799. The van der Waals surface area contributed by atoms with Crippen LogP contribution in [0.5, 0.6) is 0 Å². The molecule has 109 heavy (non-hydrogen) atoms. The number of hydrogen-bond donors (Lipinski definition) is 1. The standard InChI is InChI=1S/C11H14FN.C10H8FN.C9H5ClFN.2C9H6FNO.C9H6FN.C7H5FO.7C2H6.7CH3.7Y/c1-9(2)7-13-8-10-3-5-11(12)6-4-10;1-7-10-3-2-9(11)6-8(10)4-5-12-7;10-9-8-2-1-7(11)5-6(8)3-4-12-9;10-9-2-1-8-6-11(12)4-3-7(8)5-9;10-7-1-2-8-6(5-7)3-4-11-9(8)12;10-9-2-1-8-6-11-4-3-7(8)5-9;8-7-3-1-6(5-9)2-4-7;7*1-2;;;;;;;;;;;;;;/h3-6,8-9H,7H2,1-2H3;2-6H,1H3;1-5H;1-6H;1-5H,(H,11,12);1-6H;1-5H;7*1-2H3;7*1H3;;;;;;;/q;;;;;;;;;;;;;;7*-1;;;;;;;. The number of nitrogens with zero attached hydrogens (tertiary/aromatic N) is 5. The molecule has 0 saturated carbocycles. The molecule has 12 rings (SSSR count). The van der Waals surface area contributed by atoms with E-state index in [9.17, 15) is 45.5 Å². The molecule has 0 saturated heterocycles. The maximum Gasteiger partial charge on any atom is 0.255 e. The molecule has 9 nitrogen and oxygen atoms in total. The van der Waals surface area contributed by atoms with Crippen molar-refractivity contribution in [3.8, 4) is 0 Å². The van der Waals surface area contributed by atoms with Gasteiger partial charge in [-0.05, 0) is 197 Å². The van der Waals surface area contributed by atoms with Crippen molar-refractivity contribution in [1.29, 1.82) is 0 Å². The Morgan fingerprint density at radius 1 is 0.431 bits per heavy atom. The van der Waals surface area contributed by atoms with Gasteiger partial charge in [0.15, 0.2) is 12.4 Å². The monoisotopic (exact) mass is 2060 g/mol. The van der Waals surface area contributed by atoms with Gasteiger partial charge in [-0.1, -0.05) is 135 Å². The molecule has 0 atom stereocenters. The number of rotatable bonds is 4. The number of aromatic nitrogens is 5. The summed E-state index contributed by atoms with van der Waals surface area (Å²) in [4.78, 5) is 39.8. The Bertz CT molecular complexity index is 4010. The molecule has 12 aromatic rings. The molecule has 0 amide bonds. The van der Waals surface area contributed by atoms with Crippen LogP contribution in [0.4, 0.5) is 30.7 Å². The van der Waals surface area contributed by atoms with E-state index in [0.29, 0.717) is 38.4 Å². The molecule has 1 N–H and O–H groups in total. The summed E-state index contributed by atoms with van der Waals surface area (Å²) in [5.41, 5.74) is 2.19. The summed E-state index contributed by atoms with van der Waals surface area (Å²) in [6, 6.07) is 42.5. The number of aldehydes is 1. The van der Waals surface area contributed by atoms with Crippen LogP contribution >= 0.6 is 11.6 Å². The van der Waals surface area contributed by atoms with E-state index in [1.54, 1.807) is 91.7 Å². The minimum atomic E-state index is -0.326. The molecule has 5 heterocycles. The Balaban J connectivity index is -0.0000000631. The zero-order chi connectivity index (χ0) is 72.3. The third-order valence-electron chi connectivity index (χ3n) is 11.2. The van der Waals surface area contributed by atoms with Gasteiger partial charge < -0.3 is 62.2 Å². The van der Waals surface area contributed by atoms with Gasteiger partial charge in [0.2, 0.25) is 0 Å².